The maximum Gasteiger partial charge on any atom is 0.313 e. The molecular weight excluding hydrogens is 361 g/mol. The highest BCUT2D eigenvalue weighted by Crippen LogP contribution is 2.24. The molecule has 0 aliphatic rings. The number of rotatable bonds is 4. The van der Waals surface area contributed by atoms with Crippen molar-refractivity contribution in [3.8, 4) is 11.8 Å². The van der Waals surface area contributed by atoms with Gasteiger partial charge in [0.25, 0.3) is 0 Å². The zero-order valence-corrected chi connectivity index (χ0v) is 16.2. The minimum absolute atomic E-state index is 0.0659. The SMILES string of the molecule is Cc1ccc(CNC(=O)C(=O)Nc2ccc(F)cc2C#N)c(OC(C)(C)C)c1. The van der Waals surface area contributed by atoms with Gasteiger partial charge in [-0.25, -0.2) is 4.39 Å². The molecule has 0 bridgehead atoms. The van der Waals surface area contributed by atoms with E-state index in [1.165, 1.54) is 6.07 Å². The zero-order valence-electron chi connectivity index (χ0n) is 16.2. The average molecular weight is 383 g/mol. The number of aryl methyl sites for hydroxylation is 1. The molecule has 0 saturated carbocycles. The number of benzene rings is 2. The van der Waals surface area contributed by atoms with E-state index in [1.54, 1.807) is 6.07 Å². The van der Waals surface area contributed by atoms with Crippen LogP contribution in [0.1, 0.15) is 37.5 Å². The first-order valence-electron chi connectivity index (χ1n) is 8.66. The maximum absolute atomic E-state index is 13.2. The van der Waals surface area contributed by atoms with Crippen LogP contribution in [0.25, 0.3) is 0 Å². The van der Waals surface area contributed by atoms with Crippen LogP contribution in [0, 0.1) is 24.1 Å². The number of halogens is 1. The summed E-state index contributed by atoms with van der Waals surface area (Å²) in [7, 11) is 0. The number of amides is 2. The van der Waals surface area contributed by atoms with Gasteiger partial charge in [0, 0.05) is 12.1 Å². The standard InChI is InChI=1S/C21H22FN3O3/c1-13-5-6-14(18(9-13)28-21(2,3)4)12-24-19(26)20(27)25-17-8-7-16(22)10-15(17)11-23/h5-10H,12H2,1-4H3,(H,24,26)(H,25,27). The number of carbonyl (C=O) groups is 2. The van der Waals surface area contributed by atoms with Crippen LogP contribution >= 0.6 is 0 Å². The van der Waals surface area contributed by atoms with Crippen molar-refractivity contribution in [2.24, 2.45) is 0 Å². The van der Waals surface area contributed by atoms with E-state index in [9.17, 15) is 14.0 Å². The Morgan fingerprint density at radius 1 is 1.14 bits per heavy atom. The Bertz CT molecular complexity index is 943. The second kappa shape index (κ2) is 8.53. The molecule has 2 N–H and O–H groups in total. The number of nitriles is 1. The maximum atomic E-state index is 13.2. The van der Waals surface area contributed by atoms with Crippen molar-refractivity contribution in [3.05, 3.63) is 58.9 Å². The number of anilines is 1. The van der Waals surface area contributed by atoms with Crippen LogP contribution in [0.3, 0.4) is 0 Å². The van der Waals surface area contributed by atoms with E-state index in [4.69, 9.17) is 10.00 Å². The van der Waals surface area contributed by atoms with Crippen LogP contribution in [0.2, 0.25) is 0 Å². The first kappa shape index (κ1) is 20.9. The Morgan fingerprint density at radius 2 is 1.86 bits per heavy atom. The van der Waals surface area contributed by atoms with Crippen molar-refractivity contribution < 1.29 is 18.7 Å². The molecule has 146 valence electrons. The Kier molecular flexibility index (Phi) is 6.37. The molecule has 0 aliphatic heterocycles. The normalized spacial score (nSPS) is 10.7. The lowest BCUT2D eigenvalue weighted by Crippen LogP contribution is -2.35. The quantitative estimate of drug-likeness (QED) is 0.791. The fourth-order valence-electron chi connectivity index (χ4n) is 2.39. The summed E-state index contributed by atoms with van der Waals surface area (Å²) in [6.45, 7) is 7.77. The smallest absolute Gasteiger partial charge is 0.313 e. The topological polar surface area (TPSA) is 91.2 Å². The molecule has 0 spiro atoms. The van der Waals surface area contributed by atoms with E-state index in [-0.39, 0.29) is 17.8 Å². The number of hydrogen-bond donors (Lipinski definition) is 2. The molecule has 2 rings (SSSR count). The van der Waals surface area contributed by atoms with Crippen molar-refractivity contribution in [1.82, 2.24) is 5.32 Å². The number of ether oxygens (including phenoxy) is 1. The Morgan fingerprint density at radius 3 is 2.50 bits per heavy atom. The monoisotopic (exact) mass is 383 g/mol. The minimum atomic E-state index is -0.950. The molecule has 0 fully saturated rings. The lowest BCUT2D eigenvalue weighted by Gasteiger charge is -2.23. The second-order valence-electron chi connectivity index (χ2n) is 7.26. The molecule has 0 saturated heterocycles. The van der Waals surface area contributed by atoms with Gasteiger partial charge in [0.1, 0.15) is 23.2 Å². The van der Waals surface area contributed by atoms with Crippen LogP contribution in [0.4, 0.5) is 10.1 Å². The van der Waals surface area contributed by atoms with Gasteiger partial charge in [-0.1, -0.05) is 12.1 Å². The lowest BCUT2D eigenvalue weighted by atomic mass is 10.1. The van der Waals surface area contributed by atoms with Gasteiger partial charge in [0.05, 0.1) is 11.3 Å². The number of hydrogen-bond acceptors (Lipinski definition) is 4. The molecule has 0 heterocycles. The van der Waals surface area contributed by atoms with Crippen LogP contribution in [-0.2, 0) is 16.1 Å². The summed E-state index contributed by atoms with van der Waals surface area (Å²) in [5.74, 6) is -1.81. The van der Waals surface area contributed by atoms with Crippen LogP contribution < -0.4 is 15.4 Å². The van der Waals surface area contributed by atoms with Gasteiger partial charge in [-0.15, -0.1) is 0 Å². The van der Waals surface area contributed by atoms with Gasteiger partial charge >= 0.3 is 11.8 Å². The molecule has 2 aromatic rings. The van der Waals surface area contributed by atoms with Crippen molar-refractivity contribution in [1.29, 1.82) is 5.26 Å². The fourth-order valence-corrected chi connectivity index (χ4v) is 2.39. The van der Waals surface area contributed by atoms with Crippen LogP contribution in [0.15, 0.2) is 36.4 Å². The average Bonchev–Trinajstić information content (AvgIpc) is 2.60. The van der Waals surface area contributed by atoms with Gasteiger partial charge in [0.2, 0.25) is 0 Å². The first-order valence-corrected chi connectivity index (χ1v) is 8.66. The van der Waals surface area contributed by atoms with Gasteiger partial charge < -0.3 is 15.4 Å². The van der Waals surface area contributed by atoms with E-state index in [0.29, 0.717) is 5.75 Å². The number of carbonyl (C=O) groups excluding carboxylic acids is 2. The van der Waals surface area contributed by atoms with Gasteiger partial charge in [0.15, 0.2) is 0 Å². The third-order valence-corrected chi connectivity index (χ3v) is 3.63. The molecule has 7 heteroatoms. The molecule has 6 nitrogen and oxygen atoms in total. The molecule has 28 heavy (non-hydrogen) atoms. The van der Waals surface area contributed by atoms with E-state index < -0.39 is 23.2 Å². The number of nitrogens with zero attached hydrogens (tertiary/aromatic N) is 1. The summed E-state index contributed by atoms with van der Waals surface area (Å²) in [4.78, 5) is 24.2. The Hall–Kier alpha value is -3.40. The summed E-state index contributed by atoms with van der Waals surface area (Å²) < 4.78 is 19.1. The number of nitrogens with one attached hydrogen (secondary N) is 2. The molecule has 0 aliphatic carbocycles. The third-order valence-electron chi connectivity index (χ3n) is 3.63. The van der Waals surface area contributed by atoms with Crippen molar-refractivity contribution in [2.45, 2.75) is 39.8 Å². The van der Waals surface area contributed by atoms with Crippen molar-refractivity contribution in [2.75, 3.05) is 5.32 Å². The first-order chi connectivity index (χ1) is 13.1. The highest BCUT2D eigenvalue weighted by molar-refractivity contribution is 6.39. The predicted octanol–water partition coefficient (Wildman–Crippen LogP) is 3.44. The molecular formula is C21H22FN3O3. The Balaban J connectivity index is 2.06. The van der Waals surface area contributed by atoms with E-state index in [2.05, 4.69) is 10.6 Å². The molecule has 0 radical (unpaired) electrons. The van der Waals surface area contributed by atoms with E-state index >= 15 is 0 Å². The predicted molar refractivity (Wildman–Crippen MR) is 103 cm³/mol. The summed E-state index contributed by atoms with van der Waals surface area (Å²) in [6.07, 6.45) is 0. The summed E-state index contributed by atoms with van der Waals surface area (Å²) >= 11 is 0. The van der Waals surface area contributed by atoms with Gasteiger partial charge in [-0.05, 0) is 57.5 Å². The van der Waals surface area contributed by atoms with E-state index in [0.717, 1.165) is 23.3 Å². The lowest BCUT2D eigenvalue weighted by molar-refractivity contribution is -0.136. The van der Waals surface area contributed by atoms with E-state index in [1.807, 2.05) is 45.9 Å². The third kappa shape index (κ3) is 5.81. The Labute approximate surface area is 163 Å². The zero-order chi connectivity index (χ0) is 20.9. The molecule has 2 aromatic carbocycles. The van der Waals surface area contributed by atoms with Crippen molar-refractivity contribution in [3.63, 3.8) is 0 Å². The highest BCUT2D eigenvalue weighted by atomic mass is 19.1. The summed E-state index contributed by atoms with van der Waals surface area (Å²) in [5, 5.41) is 13.9. The minimum Gasteiger partial charge on any atom is -0.488 e. The van der Waals surface area contributed by atoms with Crippen LogP contribution in [0.5, 0.6) is 5.75 Å². The summed E-state index contributed by atoms with van der Waals surface area (Å²) in [5.41, 5.74) is 1.31. The largest absolute Gasteiger partial charge is 0.488 e. The van der Waals surface area contributed by atoms with Crippen LogP contribution in [-0.4, -0.2) is 17.4 Å². The second-order valence-corrected chi connectivity index (χ2v) is 7.26. The molecule has 0 unspecified atom stereocenters. The van der Waals surface area contributed by atoms with Gasteiger partial charge in [-0.2, -0.15) is 5.26 Å². The molecule has 0 atom stereocenters. The highest BCUT2D eigenvalue weighted by Gasteiger charge is 2.18. The molecule has 0 aromatic heterocycles. The summed E-state index contributed by atoms with van der Waals surface area (Å²) in [6, 6.07) is 10.6. The van der Waals surface area contributed by atoms with Crippen molar-refractivity contribution >= 4 is 17.5 Å². The molecule has 2 amide bonds. The van der Waals surface area contributed by atoms with Gasteiger partial charge in [-0.3, -0.25) is 9.59 Å². The fraction of sp³-hybridized carbons (Fsp3) is 0.286.